The standard InChI is InChI=1S/C56H109NO8/c1-6-8-10-12-13-14-15-16-17-18-19-20-21-22-23-24-25-26-27-28-29-30-31-32-33-34-35-36-37-38-39-40-41-43-45-47-54(59)65-52(50-63-53(58)46-44-42-11-9-7-2)51-64-56(55(60)61)62-49-48-57(3,4)5/h52,56H,6-51H2,1-5H3. The van der Waals surface area contributed by atoms with Crippen molar-refractivity contribution in [1.82, 2.24) is 0 Å². The fraction of sp³-hybridized carbons (Fsp3) is 0.946. The Balaban J connectivity index is 3.78. The average Bonchev–Trinajstić information content (AvgIpc) is 3.27. The number of carboxylic acids is 1. The highest BCUT2D eigenvalue weighted by Crippen LogP contribution is 2.18. The van der Waals surface area contributed by atoms with Gasteiger partial charge in [0.15, 0.2) is 12.4 Å². The summed E-state index contributed by atoms with van der Waals surface area (Å²) >= 11 is 0. The third kappa shape index (κ3) is 50.0. The van der Waals surface area contributed by atoms with Crippen molar-refractivity contribution in [3.63, 3.8) is 0 Å². The molecule has 0 amide bonds. The molecule has 0 radical (unpaired) electrons. The fourth-order valence-electron chi connectivity index (χ4n) is 8.48. The number of nitrogens with zero attached hydrogens (tertiary/aromatic N) is 1. The van der Waals surface area contributed by atoms with Gasteiger partial charge in [0, 0.05) is 12.8 Å². The molecule has 0 aliphatic rings. The molecule has 386 valence electrons. The zero-order valence-corrected chi connectivity index (χ0v) is 43.9. The van der Waals surface area contributed by atoms with Gasteiger partial charge in [0.05, 0.1) is 40.3 Å². The van der Waals surface area contributed by atoms with E-state index in [-0.39, 0.29) is 32.2 Å². The van der Waals surface area contributed by atoms with Crippen molar-refractivity contribution >= 4 is 17.9 Å². The summed E-state index contributed by atoms with van der Waals surface area (Å²) in [4.78, 5) is 36.7. The van der Waals surface area contributed by atoms with E-state index in [0.29, 0.717) is 17.4 Å². The Kier molecular flexibility index (Phi) is 47.5. The van der Waals surface area contributed by atoms with Crippen molar-refractivity contribution in [2.24, 2.45) is 0 Å². The molecule has 0 aromatic rings. The Labute approximate surface area is 403 Å². The molecule has 65 heavy (non-hydrogen) atoms. The summed E-state index contributed by atoms with van der Waals surface area (Å²) in [5, 5.41) is 11.7. The van der Waals surface area contributed by atoms with Gasteiger partial charge in [0.2, 0.25) is 0 Å². The number of carbonyl (C=O) groups excluding carboxylic acids is 3. The predicted octanol–water partition coefficient (Wildman–Crippen LogP) is 14.7. The lowest BCUT2D eigenvalue weighted by atomic mass is 10.0. The van der Waals surface area contributed by atoms with Gasteiger partial charge in [-0.15, -0.1) is 0 Å². The van der Waals surface area contributed by atoms with Gasteiger partial charge in [0.25, 0.3) is 0 Å². The summed E-state index contributed by atoms with van der Waals surface area (Å²) in [6.07, 6.45) is 51.0. The minimum absolute atomic E-state index is 0.152. The zero-order valence-electron chi connectivity index (χ0n) is 43.9. The lowest BCUT2D eigenvalue weighted by Crippen LogP contribution is -2.44. The molecule has 0 aliphatic heterocycles. The number of hydrogen-bond donors (Lipinski definition) is 0. The molecule has 0 aromatic heterocycles. The lowest BCUT2D eigenvalue weighted by Gasteiger charge is -2.26. The summed E-state index contributed by atoms with van der Waals surface area (Å²) in [5.41, 5.74) is 0. The summed E-state index contributed by atoms with van der Waals surface area (Å²) in [5.74, 6) is -2.28. The second-order valence-corrected chi connectivity index (χ2v) is 20.6. The maximum atomic E-state index is 12.7. The molecule has 0 heterocycles. The molecule has 2 unspecified atom stereocenters. The first-order valence-corrected chi connectivity index (χ1v) is 28.2. The van der Waals surface area contributed by atoms with Crippen LogP contribution in [0.15, 0.2) is 0 Å². The number of unbranched alkanes of at least 4 members (excludes halogenated alkanes) is 38. The molecule has 0 rings (SSSR count). The van der Waals surface area contributed by atoms with Crippen LogP contribution in [0.3, 0.4) is 0 Å². The lowest BCUT2D eigenvalue weighted by molar-refractivity contribution is -0.870. The van der Waals surface area contributed by atoms with Crippen LogP contribution in [0.1, 0.15) is 284 Å². The predicted molar refractivity (Wildman–Crippen MR) is 270 cm³/mol. The van der Waals surface area contributed by atoms with Crippen molar-refractivity contribution in [2.45, 2.75) is 296 Å². The minimum Gasteiger partial charge on any atom is -0.545 e. The van der Waals surface area contributed by atoms with E-state index < -0.39 is 24.3 Å². The molecule has 0 saturated carbocycles. The fourth-order valence-corrected chi connectivity index (χ4v) is 8.48. The molecule has 0 bridgehead atoms. The summed E-state index contributed by atoms with van der Waals surface area (Å²) in [6.45, 7) is 4.69. The van der Waals surface area contributed by atoms with Gasteiger partial charge in [0.1, 0.15) is 13.2 Å². The van der Waals surface area contributed by atoms with Crippen molar-refractivity contribution in [1.29, 1.82) is 0 Å². The first-order chi connectivity index (χ1) is 31.6. The molecule has 9 heteroatoms. The van der Waals surface area contributed by atoms with Crippen LogP contribution in [-0.2, 0) is 33.3 Å². The molecule has 0 N–H and O–H groups in total. The number of likely N-dealkylation sites (N-methyl/N-ethyl adjacent to an activating group) is 1. The Hall–Kier alpha value is -1.71. The second kappa shape index (κ2) is 48.7. The molecule has 0 fully saturated rings. The van der Waals surface area contributed by atoms with Crippen LogP contribution in [0.25, 0.3) is 0 Å². The number of aliphatic carboxylic acids is 1. The van der Waals surface area contributed by atoms with Crippen LogP contribution >= 0.6 is 0 Å². The van der Waals surface area contributed by atoms with E-state index in [1.807, 2.05) is 21.1 Å². The van der Waals surface area contributed by atoms with E-state index >= 15 is 0 Å². The van der Waals surface area contributed by atoms with Crippen LogP contribution in [-0.4, -0.2) is 82.3 Å². The van der Waals surface area contributed by atoms with Gasteiger partial charge in [-0.2, -0.15) is 0 Å². The Morgan fingerprint density at radius 1 is 0.400 bits per heavy atom. The minimum atomic E-state index is -1.61. The average molecular weight is 924 g/mol. The van der Waals surface area contributed by atoms with E-state index in [2.05, 4.69) is 13.8 Å². The highest BCUT2D eigenvalue weighted by atomic mass is 16.7. The van der Waals surface area contributed by atoms with Crippen LogP contribution in [0.5, 0.6) is 0 Å². The molecular weight excluding hydrogens is 815 g/mol. The maximum Gasteiger partial charge on any atom is 0.306 e. The van der Waals surface area contributed by atoms with E-state index in [1.54, 1.807) is 0 Å². The molecular formula is C56H109NO8. The van der Waals surface area contributed by atoms with Gasteiger partial charge < -0.3 is 33.3 Å². The van der Waals surface area contributed by atoms with Gasteiger partial charge in [-0.3, -0.25) is 9.59 Å². The van der Waals surface area contributed by atoms with E-state index in [4.69, 9.17) is 18.9 Å². The second-order valence-electron chi connectivity index (χ2n) is 20.6. The van der Waals surface area contributed by atoms with E-state index in [0.717, 1.165) is 51.4 Å². The molecule has 0 aromatic carbocycles. The number of ether oxygens (including phenoxy) is 4. The number of quaternary nitrogens is 1. The summed E-state index contributed by atoms with van der Waals surface area (Å²) in [7, 11) is 5.91. The van der Waals surface area contributed by atoms with E-state index in [9.17, 15) is 19.5 Å². The van der Waals surface area contributed by atoms with Crippen molar-refractivity contribution in [2.75, 3.05) is 47.5 Å². The maximum absolute atomic E-state index is 12.7. The van der Waals surface area contributed by atoms with Crippen LogP contribution < -0.4 is 5.11 Å². The van der Waals surface area contributed by atoms with Crippen molar-refractivity contribution in [3.05, 3.63) is 0 Å². The van der Waals surface area contributed by atoms with E-state index in [1.165, 1.54) is 205 Å². The monoisotopic (exact) mass is 924 g/mol. The number of esters is 2. The largest absolute Gasteiger partial charge is 0.545 e. The third-order valence-corrected chi connectivity index (χ3v) is 12.9. The third-order valence-electron chi connectivity index (χ3n) is 12.9. The number of carbonyl (C=O) groups is 3. The quantitative estimate of drug-likeness (QED) is 0.0257. The normalized spacial score (nSPS) is 12.7. The van der Waals surface area contributed by atoms with Crippen LogP contribution in [0.4, 0.5) is 0 Å². The van der Waals surface area contributed by atoms with Gasteiger partial charge in [-0.05, 0) is 12.8 Å². The smallest absolute Gasteiger partial charge is 0.306 e. The molecule has 0 spiro atoms. The Morgan fingerprint density at radius 2 is 0.692 bits per heavy atom. The first-order valence-electron chi connectivity index (χ1n) is 28.2. The number of hydrogen-bond acceptors (Lipinski definition) is 8. The number of rotatable bonds is 53. The van der Waals surface area contributed by atoms with Crippen molar-refractivity contribution in [3.8, 4) is 0 Å². The zero-order chi connectivity index (χ0) is 47.7. The van der Waals surface area contributed by atoms with Crippen molar-refractivity contribution < 1.29 is 42.9 Å². The van der Waals surface area contributed by atoms with Crippen LogP contribution in [0.2, 0.25) is 0 Å². The van der Waals surface area contributed by atoms with Crippen LogP contribution in [0, 0.1) is 0 Å². The highest BCUT2D eigenvalue weighted by Gasteiger charge is 2.22. The number of carboxylic acid groups (broad SMARTS) is 1. The van der Waals surface area contributed by atoms with Gasteiger partial charge in [-0.25, -0.2) is 0 Å². The Morgan fingerprint density at radius 3 is 0.985 bits per heavy atom. The molecule has 0 aliphatic carbocycles. The highest BCUT2D eigenvalue weighted by molar-refractivity contribution is 5.70. The van der Waals surface area contributed by atoms with Gasteiger partial charge >= 0.3 is 11.9 Å². The van der Waals surface area contributed by atoms with Gasteiger partial charge in [-0.1, -0.05) is 258 Å². The Bertz CT molecular complexity index is 1030. The molecule has 2 atom stereocenters. The first kappa shape index (κ1) is 63.3. The SMILES string of the molecule is CCCCCCCCCCCCCCCCCCCCCCCCCCCCCCCCCCCCCC(=O)OC(COC(=O)CCCCCCC)COC(OCC[N+](C)(C)C)C(=O)[O-]. The summed E-state index contributed by atoms with van der Waals surface area (Å²) in [6, 6.07) is 0. The topological polar surface area (TPSA) is 111 Å². The molecule has 9 nitrogen and oxygen atoms in total. The molecule has 0 saturated heterocycles. The summed E-state index contributed by atoms with van der Waals surface area (Å²) < 4.78 is 22.4.